The Kier molecular flexibility index (Phi) is 5.34. The van der Waals surface area contributed by atoms with Gasteiger partial charge in [-0.3, -0.25) is 14.4 Å². The topological polar surface area (TPSA) is 98.7 Å². The lowest BCUT2D eigenvalue weighted by molar-refractivity contribution is -0.141. The zero-order chi connectivity index (χ0) is 21.8. The number of nitrogens with one attached hydrogen (secondary N) is 2. The van der Waals surface area contributed by atoms with Crippen molar-refractivity contribution in [3.05, 3.63) is 29.3 Å². The van der Waals surface area contributed by atoms with Crippen molar-refractivity contribution in [1.82, 2.24) is 10.2 Å². The minimum atomic E-state index is -0.721. The molecule has 162 valence electrons. The van der Waals surface area contributed by atoms with Crippen molar-refractivity contribution in [2.24, 2.45) is 11.8 Å². The average molecular weight is 432 g/mol. The lowest BCUT2D eigenvalue weighted by Crippen LogP contribution is -2.54. The summed E-state index contributed by atoms with van der Waals surface area (Å²) >= 11 is 1.63. The van der Waals surface area contributed by atoms with Gasteiger partial charge in [-0.1, -0.05) is 12.1 Å². The summed E-state index contributed by atoms with van der Waals surface area (Å²) < 4.78 is -0.635. The number of fused-ring (bicyclic) bond motifs is 1. The maximum absolute atomic E-state index is 13.6. The van der Waals surface area contributed by atoms with Gasteiger partial charge in [0.1, 0.15) is 6.04 Å². The van der Waals surface area contributed by atoms with E-state index in [0.29, 0.717) is 6.42 Å². The van der Waals surface area contributed by atoms with Crippen molar-refractivity contribution in [2.75, 3.05) is 19.0 Å². The van der Waals surface area contributed by atoms with Crippen LogP contribution in [0.5, 0.6) is 0 Å². The molecule has 4 rings (SSSR count). The first-order chi connectivity index (χ1) is 14.2. The second-order valence-electron chi connectivity index (χ2n) is 8.75. The molecular weight excluding hydrogens is 402 g/mol. The second-order valence-corrected chi connectivity index (χ2v) is 10.4. The third-order valence-corrected chi connectivity index (χ3v) is 8.88. The number of nitrogens with zero attached hydrogens (tertiary/aromatic N) is 1. The van der Waals surface area contributed by atoms with Crippen molar-refractivity contribution < 1.29 is 19.5 Å². The average Bonchev–Trinajstić information content (AvgIpc) is 3.36. The Labute approximate surface area is 181 Å². The predicted octanol–water partition coefficient (Wildman–Crippen LogP) is 1.46. The third kappa shape index (κ3) is 2.95. The Balaban J connectivity index is 1.74. The quantitative estimate of drug-likeness (QED) is 0.656. The van der Waals surface area contributed by atoms with Crippen molar-refractivity contribution in [3.63, 3.8) is 0 Å². The van der Waals surface area contributed by atoms with Gasteiger partial charge in [0.25, 0.3) is 0 Å². The van der Waals surface area contributed by atoms with Crippen LogP contribution in [-0.2, 0) is 14.4 Å². The summed E-state index contributed by atoms with van der Waals surface area (Å²) in [7, 11) is 1.59. The summed E-state index contributed by atoms with van der Waals surface area (Å²) in [6, 6.07) is 4.64. The molecule has 3 amide bonds. The standard InChI is InChI=1S/C22H29N3O4S/c1-11-5-6-12(2)14(9-11)24-20(28)18-22-8-7-15(30-22)16(19(27)23-4)17(22)21(29)25(18)13(3)10-26/h5-6,9,13,15-18,26H,7-8,10H2,1-4H3,(H,23,27)(H,24,28)/t13-,15+,16-,17+,18?,22?/m1/s1. The molecule has 2 unspecified atom stereocenters. The Morgan fingerprint density at radius 1 is 1.33 bits per heavy atom. The highest BCUT2D eigenvalue weighted by Crippen LogP contribution is 2.66. The van der Waals surface area contributed by atoms with Crippen LogP contribution in [0.4, 0.5) is 5.69 Å². The van der Waals surface area contributed by atoms with Gasteiger partial charge in [-0.2, -0.15) is 0 Å². The maximum atomic E-state index is 13.6. The molecule has 0 saturated carbocycles. The number of hydrogen-bond donors (Lipinski definition) is 3. The molecule has 3 N–H and O–H groups in total. The number of thioether (sulfide) groups is 1. The summed E-state index contributed by atoms with van der Waals surface area (Å²) in [5.41, 5.74) is 2.70. The number of hydrogen-bond acceptors (Lipinski definition) is 5. The van der Waals surface area contributed by atoms with Crippen molar-refractivity contribution in [3.8, 4) is 0 Å². The molecule has 0 aliphatic carbocycles. The van der Waals surface area contributed by atoms with E-state index >= 15 is 0 Å². The van der Waals surface area contributed by atoms with Crippen LogP contribution in [0.2, 0.25) is 0 Å². The zero-order valence-electron chi connectivity index (χ0n) is 17.8. The Morgan fingerprint density at radius 2 is 2.07 bits per heavy atom. The summed E-state index contributed by atoms with van der Waals surface area (Å²) in [5, 5.41) is 15.6. The van der Waals surface area contributed by atoms with Gasteiger partial charge in [-0.25, -0.2) is 0 Å². The van der Waals surface area contributed by atoms with Crippen LogP contribution in [0.3, 0.4) is 0 Å². The SMILES string of the molecule is CNC(=O)[C@@H]1[C@@H]2CCC3(S2)C(C(=O)Nc2cc(C)ccc2C)N([C@H](C)CO)C(=O)[C@H]13. The monoisotopic (exact) mass is 431 g/mol. The number of anilines is 1. The van der Waals surface area contributed by atoms with Crippen molar-refractivity contribution >= 4 is 35.2 Å². The molecule has 6 atom stereocenters. The normalized spacial score (nSPS) is 32.8. The molecular formula is C22H29N3O4S. The van der Waals surface area contributed by atoms with E-state index in [0.717, 1.165) is 23.2 Å². The fourth-order valence-electron chi connectivity index (χ4n) is 5.49. The summed E-state index contributed by atoms with van der Waals surface area (Å²) in [6.07, 6.45) is 1.52. The summed E-state index contributed by atoms with van der Waals surface area (Å²) in [6.45, 7) is 5.41. The molecule has 3 heterocycles. The van der Waals surface area contributed by atoms with Gasteiger partial charge in [0.15, 0.2) is 0 Å². The second kappa shape index (κ2) is 7.57. The van der Waals surface area contributed by atoms with Crippen molar-refractivity contribution in [1.29, 1.82) is 0 Å². The van der Waals surface area contributed by atoms with E-state index < -0.39 is 28.7 Å². The first kappa shape index (κ1) is 21.2. The fraction of sp³-hybridized carbons (Fsp3) is 0.591. The van der Waals surface area contributed by atoms with Crippen LogP contribution < -0.4 is 10.6 Å². The Bertz CT molecular complexity index is 906. The fourth-order valence-corrected chi connectivity index (χ4v) is 7.70. The van der Waals surface area contributed by atoms with E-state index in [1.807, 2.05) is 32.0 Å². The molecule has 1 spiro atoms. The molecule has 3 aliphatic heterocycles. The van der Waals surface area contributed by atoms with Crippen LogP contribution in [0.15, 0.2) is 18.2 Å². The van der Waals surface area contributed by atoms with E-state index in [4.69, 9.17) is 0 Å². The smallest absolute Gasteiger partial charge is 0.248 e. The van der Waals surface area contributed by atoms with Crippen LogP contribution >= 0.6 is 11.8 Å². The van der Waals surface area contributed by atoms with Gasteiger partial charge < -0.3 is 20.6 Å². The van der Waals surface area contributed by atoms with E-state index in [2.05, 4.69) is 10.6 Å². The van der Waals surface area contributed by atoms with Gasteiger partial charge in [0.05, 0.1) is 29.2 Å². The highest BCUT2D eigenvalue weighted by molar-refractivity contribution is 8.02. The number of carbonyl (C=O) groups is 3. The molecule has 30 heavy (non-hydrogen) atoms. The van der Waals surface area contributed by atoms with E-state index in [1.54, 1.807) is 25.7 Å². The molecule has 0 radical (unpaired) electrons. The largest absolute Gasteiger partial charge is 0.394 e. The minimum Gasteiger partial charge on any atom is -0.394 e. The maximum Gasteiger partial charge on any atom is 0.248 e. The number of rotatable bonds is 5. The molecule has 8 heteroatoms. The van der Waals surface area contributed by atoms with Gasteiger partial charge in [0, 0.05) is 18.0 Å². The molecule has 7 nitrogen and oxygen atoms in total. The molecule has 1 aromatic carbocycles. The van der Waals surface area contributed by atoms with E-state index in [1.165, 1.54) is 4.90 Å². The number of benzene rings is 1. The van der Waals surface area contributed by atoms with E-state index in [9.17, 15) is 19.5 Å². The predicted molar refractivity (Wildman–Crippen MR) is 116 cm³/mol. The number of aliphatic hydroxyl groups excluding tert-OH is 1. The van der Waals surface area contributed by atoms with Gasteiger partial charge in [0.2, 0.25) is 17.7 Å². The van der Waals surface area contributed by atoms with Gasteiger partial charge >= 0.3 is 0 Å². The number of amides is 3. The van der Waals surface area contributed by atoms with Crippen LogP contribution in [0.25, 0.3) is 0 Å². The Hall–Kier alpha value is -2.06. The molecule has 0 aromatic heterocycles. The number of carbonyl (C=O) groups excluding carboxylic acids is 3. The Morgan fingerprint density at radius 3 is 2.73 bits per heavy atom. The zero-order valence-corrected chi connectivity index (χ0v) is 18.6. The molecule has 3 aliphatic rings. The first-order valence-electron chi connectivity index (χ1n) is 10.5. The van der Waals surface area contributed by atoms with E-state index in [-0.39, 0.29) is 29.6 Å². The van der Waals surface area contributed by atoms with Crippen LogP contribution in [-0.4, -0.2) is 63.5 Å². The van der Waals surface area contributed by atoms with Gasteiger partial charge in [-0.05, 0) is 50.8 Å². The van der Waals surface area contributed by atoms with Crippen LogP contribution in [0.1, 0.15) is 30.9 Å². The van der Waals surface area contributed by atoms with Gasteiger partial charge in [-0.15, -0.1) is 11.8 Å². The lowest BCUT2D eigenvalue weighted by Gasteiger charge is -2.36. The van der Waals surface area contributed by atoms with Crippen LogP contribution in [0, 0.1) is 25.7 Å². The number of aryl methyl sites for hydroxylation is 2. The molecule has 3 saturated heterocycles. The highest BCUT2D eigenvalue weighted by Gasteiger charge is 2.73. The van der Waals surface area contributed by atoms with Crippen molar-refractivity contribution in [2.45, 2.75) is 55.7 Å². The summed E-state index contributed by atoms with van der Waals surface area (Å²) in [5.74, 6) is -1.55. The number of aliphatic hydroxyl groups is 1. The minimum absolute atomic E-state index is 0.0430. The number of likely N-dealkylation sites (tertiary alicyclic amines) is 1. The first-order valence-corrected chi connectivity index (χ1v) is 11.3. The highest BCUT2D eigenvalue weighted by atomic mass is 32.2. The molecule has 3 fully saturated rings. The molecule has 1 aromatic rings. The molecule has 2 bridgehead atoms. The third-order valence-electron chi connectivity index (χ3n) is 6.93. The summed E-state index contributed by atoms with van der Waals surface area (Å²) in [4.78, 5) is 41.3. The lowest BCUT2D eigenvalue weighted by atomic mass is 9.70.